The molecule has 1 amide bonds. The van der Waals surface area contributed by atoms with Gasteiger partial charge in [-0.2, -0.15) is 5.10 Å². The standard InChI is InChI=1S/C29H40FN3O2/c1-6-7-14-24-26(23-16-15-21(2)19-25(23)30)32-33(22-12-9-8-10-13-22)29(24,5)27(35)31-18-11-17-28(3,4)20-34/h8-10,12-13,15-16,19,24,34H,6-7,11,14,17-18,20H2,1-5H3,(H,31,35). The predicted octanol–water partition coefficient (Wildman–Crippen LogP) is 5.84. The molecule has 1 heterocycles. The number of hydrazone groups is 1. The summed E-state index contributed by atoms with van der Waals surface area (Å²) < 4.78 is 15.2. The number of para-hydroxylation sites is 1. The molecular formula is C29H40FN3O2. The molecule has 1 aliphatic heterocycles. The van der Waals surface area contributed by atoms with Crippen molar-refractivity contribution in [3.63, 3.8) is 0 Å². The number of hydrogen-bond donors (Lipinski definition) is 2. The maximum atomic E-state index is 15.2. The Morgan fingerprint density at radius 1 is 1.20 bits per heavy atom. The maximum Gasteiger partial charge on any atom is 0.248 e. The van der Waals surface area contributed by atoms with E-state index >= 15 is 4.39 Å². The van der Waals surface area contributed by atoms with E-state index in [0.29, 0.717) is 17.8 Å². The number of amides is 1. The first kappa shape index (κ1) is 26.9. The molecule has 1 aliphatic rings. The average Bonchev–Trinajstić information content (AvgIpc) is 3.14. The van der Waals surface area contributed by atoms with Crippen LogP contribution in [0.5, 0.6) is 0 Å². The van der Waals surface area contributed by atoms with Crippen LogP contribution in [0.4, 0.5) is 10.1 Å². The van der Waals surface area contributed by atoms with Gasteiger partial charge in [-0.05, 0) is 68.4 Å². The van der Waals surface area contributed by atoms with Crippen LogP contribution >= 0.6 is 0 Å². The third kappa shape index (κ3) is 5.92. The highest BCUT2D eigenvalue weighted by molar-refractivity contribution is 6.10. The van der Waals surface area contributed by atoms with E-state index in [-0.39, 0.29) is 29.7 Å². The summed E-state index contributed by atoms with van der Waals surface area (Å²) >= 11 is 0. The molecule has 0 aromatic heterocycles. The second-order valence-corrected chi connectivity index (χ2v) is 10.6. The summed E-state index contributed by atoms with van der Waals surface area (Å²) in [6, 6.07) is 14.8. The highest BCUT2D eigenvalue weighted by atomic mass is 19.1. The first-order valence-electron chi connectivity index (χ1n) is 12.7. The van der Waals surface area contributed by atoms with E-state index in [1.54, 1.807) is 11.1 Å². The van der Waals surface area contributed by atoms with Crippen molar-refractivity contribution < 1.29 is 14.3 Å². The molecule has 2 aromatic carbocycles. The summed E-state index contributed by atoms with van der Waals surface area (Å²) in [5, 5.41) is 19.4. The van der Waals surface area contributed by atoms with Crippen LogP contribution in [0.1, 0.15) is 70.9 Å². The second kappa shape index (κ2) is 11.3. The topological polar surface area (TPSA) is 64.9 Å². The highest BCUT2D eigenvalue weighted by Gasteiger charge is 2.53. The lowest BCUT2D eigenvalue weighted by Gasteiger charge is -2.38. The molecule has 6 heteroatoms. The zero-order valence-electron chi connectivity index (χ0n) is 21.8. The summed E-state index contributed by atoms with van der Waals surface area (Å²) in [4.78, 5) is 13.9. The fraction of sp³-hybridized carbons (Fsp3) is 0.517. The van der Waals surface area contributed by atoms with Crippen molar-refractivity contribution in [3.8, 4) is 0 Å². The van der Waals surface area contributed by atoms with E-state index in [4.69, 9.17) is 5.10 Å². The van der Waals surface area contributed by atoms with Gasteiger partial charge in [-0.15, -0.1) is 0 Å². The Balaban J connectivity index is 1.98. The lowest BCUT2D eigenvalue weighted by molar-refractivity contribution is -0.126. The van der Waals surface area contributed by atoms with E-state index in [2.05, 4.69) is 12.2 Å². The minimum atomic E-state index is -1.00. The van der Waals surface area contributed by atoms with Gasteiger partial charge in [0.2, 0.25) is 5.91 Å². The Morgan fingerprint density at radius 3 is 2.54 bits per heavy atom. The third-order valence-electron chi connectivity index (χ3n) is 7.11. The molecule has 2 N–H and O–H groups in total. The van der Waals surface area contributed by atoms with Crippen molar-refractivity contribution in [1.82, 2.24) is 5.32 Å². The molecular weight excluding hydrogens is 441 g/mol. The number of unbranched alkanes of at least 4 members (excludes halogenated alkanes) is 1. The van der Waals surface area contributed by atoms with Crippen LogP contribution < -0.4 is 10.3 Å². The van der Waals surface area contributed by atoms with Gasteiger partial charge >= 0.3 is 0 Å². The van der Waals surface area contributed by atoms with Gasteiger partial charge in [0.15, 0.2) is 0 Å². The van der Waals surface area contributed by atoms with Crippen molar-refractivity contribution in [2.24, 2.45) is 16.4 Å². The molecule has 5 nitrogen and oxygen atoms in total. The fourth-order valence-electron chi connectivity index (χ4n) is 4.77. The van der Waals surface area contributed by atoms with Gasteiger partial charge in [0.25, 0.3) is 0 Å². The van der Waals surface area contributed by atoms with Crippen LogP contribution in [0.15, 0.2) is 53.6 Å². The van der Waals surface area contributed by atoms with Gasteiger partial charge < -0.3 is 10.4 Å². The number of rotatable bonds is 11. The fourth-order valence-corrected chi connectivity index (χ4v) is 4.77. The number of nitrogens with zero attached hydrogens (tertiary/aromatic N) is 2. The lowest BCUT2D eigenvalue weighted by atomic mass is 9.76. The molecule has 0 bridgehead atoms. The van der Waals surface area contributed by atoms with Crippen LogP contribution in [0.2, 0.25) is 0 Å². The Bertz CT molecular complexity index is 1040. The molecule has 0 fully saturated rings. The molecule has 0 saturated carbocycles. The van der Waals surface area contributed by atoms with E-state index in [1.165, 1.54) is 6.07 Å². The number of benzene rings is 2. The summed E-state index contributed by atoms with van der Waals surface area (Å²) in [5.41, 5.74) is 1.55. The van der Waals surface area contributed by atoms with Crippen LogP contribution in [0.25, 0.3) is 0 Å². The van der Waals surface area contributed by atoms with Crippen LogP contribution in [0.3, 0.4) is 0 Å². The normalized spacial score (nSPS) is 20.1. The minimum Gasteiger partial charge on any atom is -0.396 e. The number of aliphatic hydroxyl groups excluding tert-OH is 1. The zero-order chi connectivity index (χ0) is 25.6. The monoisotopic (exact) mass is 481 g/mol. The summed E-state index contributed by atoms with van der Waals surface area (Å²) in [6.45, 7) is 10.6. The van der Waals surface area contributed by atoms with Gasteiger partial charge in [0.1, 0.15) is 11.4 Å². The summed E-state index contributed by atoms with van der Waals surface area (Å²) in [7, 11) is 0. The third-order valence-corrected chi connectivity index (χ3v) is 7.11. The number of carbonyl (C=O) groups excluding carboxylic acids is 1. The summed E-state index contributed by atoms with van der Waals surface area (Å²) in [5.74, 6) is -0.696. The molecule has 190 valence electrons. The Labute approximate surface area is 209 Å². The van der Waals surface area contributed by atoms with Gasteiger partial charge in [0, 0.05) is 24.6 Å². The lowest BCUT2D eigenvalue weighted by Crippen LogP contribution is -2.58. The first-order chi connectivity index (χ1) is 16.6. The smallest absolute Gasteiger partial charge is 0.248 e. The van der Waals surface area contributed by atoms with E-state index in [9.17, 15) is 9.90 Å². The molecule has 2 aromatic rings. The molecule has 2 atom stereocenters. The molecule has 0 radical (unpaired) electrons. The van der Waals surface area contributed by atoms with Crippen molar-refractivity contribution in [2.45, 2.75) is 72.3 Å². The molecule has 0 saturated heterocycles. The van der Waals surface area contributed by atoms with Gasteiger partial charge in [-0.25, -0.2) is 9.40 Å². The van der Waals surface area contributed by atoms with Crippen LogP contribution in [0, 0.1) is 24.1 Å². The number of anilines is 1. The van der Waals surface area contributed by atoms with E-state index in [1.807, 2.05) is 64.1 Å². The van der Waals surface area contributed by atoms with Crippen molar-refractivity contribution in [3.05, 3.63) is 65.5 Å². The number of halogens is 1. The number of aliphatic hydroxyl groups is 1. The number of nitrogens with one attached hydrogen (secondary N) is 1. The Hall–Kier alpha value is -2.73. The largest absolute Gasteiger partial charge is 0.396 e. The Kier molecular flexibility index (Phi) is 8.70. The molecule has 0 aliphatic carbocycles. The van der Waals surface area contributed by atoms with Crippen molar-refractivity contribution in [1.29, 1.82) is 0 Å². The second-order valence-electron chi connectivity index (χ2n) is 10.6. The average molecular weight is 482 g/mol. The predicted molar refractivity (Wildman–Crippen MR) is 141 cm³/mol. The van der Waals surface area contributed by atoms with Gasteiger partial charge in [-0.3, -0.25) is 4.79 Å². The quantitative estimate of drug-likeness (QED) is 0.396. The number of hydrogen-bond acceptors (Lipinski definition) is 4. The summed E-state index contributed by atoms with van der Waals surface area (Å²) in [6.07, 6.45) is 4.18. The Morgan fingerprint density at radius 2 is 1.91 bits per heavy atom. The maximum absolute atomic E-state index is 15.2. The van der Waals surface area contributed by atoms with Crippen molar-refractivity contribution in [2.75, 3.05) is 18.2 Å². The zero-order valence-corrected chi connectivity index (χ0v) is 21.8. The number of aryl methyl sites for hydroxylation is 1. The molecule has 35 heavy (non-hydrogen) atoms. The van der Waals surface area contributed by atoms with E-state index < -0.39 is 5.54 Å². The van der Waals surface area contributed by atoms with Gasteiger partial charge in [0.05, 0.1) is 11.4 Å². The molecule has 2 unspecified atom stereocenters. The van der Waals surface area contributed by atoms with E-state index in [0.717, 1.165) is 43.4 Å². The van der Waals surface area contributed by atoms with Crippen LogP contribution in [-0.2, 0) is 4.79 Å². The number of carbonyl (C=O) groups is 1. The van der Waals surface area contributed by atoms with Gasteiger partial charge in [-0.1, -0.05) is 57.9 Å². The molecule has 3 rings (SSSR count). The van der Waals surface area contributed by atoms with Crippen LogP contribution in [-0.4, -0.2) is 35.4 Å². The SMILES string of the molecule is CCCCC1C(c2ccc(C)cc2F)=NN(c2ccccc2)C1(C)C(=O)NCCCC(C)(C)CO. The van der Waals surface area contributed by atoms with Crippen molar-refractivity contribution >= 4 is 17.3 Å². The minimum absolute atomic E-state index is 0.110. The molecule has 0 spiro atoms. The highest BCUT2D eigenvalue weighted by Crippen LogP contribution is 2.42. The first-order valence-corrected chi connectivity index (χ1v) is 12.7.